The van der Waals surface area contributed by atoms with Crippen LogP contribution in [0.5, 0.6) is 0 Å². The van der Waals surface area contributed by atoms with E-state index in [4.69, 9.17) is 10.5 Å². The van der Waals surface area contributed by atoms with Crippen molar-refractivity contribution in [1.82, 2.24) is 9.55 Å². The van der Waals surface area contributed by atoms with E-state index in [0.717, 1.165) is 12.3 Å². The Morgan fingerprint density at radius 2 is 2.39 bits per heavy atom. The molecule has 1 aromatic rings. The fourth-order valence-corrected chi connectivity index (χ4v) is 3.56. The maximum Gasteiger partial charge on any atom is 0.374 e. The first kappa shape index (κ1) is 11.6. The molecule has 3 atom stereocenters. The van der Waals surface area contributed by atoms with Gasteiger partial charge in [0.05, 0.1) is 6.61 Å². The highest BCUT2D eigenvalue weighted by atomic mass is 16.5. The number of nitrogen functional groups attached to an aromatic ring is 1. The zero-order valence-corrected chi connectivity index (χ0v) is 10.6. The Hall–Kier alpha value is -1.52. The molecule has 2 N–H and O–H groups in total. The predicted molar refractivity (Wildman–Crippen MR) is 67.1 cm³/mol. The van der Waals surface area contributed by atoms with Gasteiger partial charge in [0, 0.05) is 12.2 Å². The monoisotopic (exact) mass is 249 g/mol. The Labute approximate surface area is 106 Å². The van der Waals surface area contributed by atoms with Crippen LogP contribution in [-0.2, 0) is 4.74 Å². The van der Waals surface area contributed by atoms with Gasteiger partial charge < -0.3 is 15.0 Å². The standard InChI is InChI=1S/C13H19N3O2/c1-2-18-13(17)12-15-11(14)7-16(12)10-6-8-3-4-9(10)5-8/h7-10H,2-6,14H2,1H3. The molecule has 0 aromatic carbocycles. The van der Waals surface area contributed by atoms with Crippen LogP contribution in [-0.4, -0.2) is 22.1 Å². The lowest BCUT2D eigenvalue weighted by molar-refractivity contribution is 0.0501. The summed E-state index contributed by atoms with van der Waals surface area (Å²) >= 11 is 0. The van der Waals surface area contributed by atoms with Crippen LogP contribution >= 0.6 is 0 Å². The Bertz CT molecular complexity index is 469. The van der Waals surface area contributed by atoms with Crippen LogP contribution in [0.2, 0.25) is 0 Å². The number of ether oxygens (including phenoxy) is 1. The van der Waals surface area contributed by atoms with E-state index in [-0.39, 0.29) is 5.97 Å². The van der Waals surface area contributed by atoms with Crippen LogP contribution in [0.1, 0.15) is 49.3 Å². The van der Waals surface area contributed by atoms with Crippen LogP contribution in [0.3, 0.4) is 0 Å². The van der Waals surface area contributed by atoms with Gasteiger partial charge in [0.15, 0.2) is 0 Å². The molecule has 0 radical (unpaired) electrons. The topological polar surface area (TPSA) is 70.1 Å². The lowest BCUT2D eigenvalue weighted by Gasteiger charge is -2.24. The molecule has 3 rings (SSSR count). The van der Waals surface area contributed by atoms with E-state index in [0.29, 0.717) is 30.2 Å². The number of fused-ring (bicyclic) bond motifs is 2. The van der Waals surface area contributed by atoms with Gasteiger partial charge in [-0.15, -0.1) is 0 Å². The summed E-state index contributed by atoms with van der Waals surface area (Å²) < 4.78 is 7.00. The number of carbonyl (C=O) groups excluding carboxylic acids is 1. The van der Waals surface area contributed by atoms with Gasteiger partial charge in [-0.25, -0.2) is 9.78 Å². The third kappa shape index (κ3) is 1.78. The van der Waals surface area contributed by atoms with Crippen LogP contribution in [0.15, 0.2) is 6.20 Å². The number of aromatic nitrogens is 2. The molecule has 2 bridgehead atoms. The molecule has 0 amide bonds. The normalized spacial score (nSPS) is 29.7. The number of hydrogen-bond acceptors (Lipinski definition) is 4. The van der Waals surface area contributed by atoms with Gasteiger partial charge in [0.25, 0.3) is 0 Å². The van der Waals surface area contributed by atoms with Crippen LogP contribution in [0.25, 0.3) is 0 Å². The Balaban J connectivity index is 1.89. The van der Waals surface area contributed by atoms with Crippen molar-refractivity contribution in [3.8, 4) is 0 Å². The lowest BCUT2D eigenvalue weighted by atomic mass is 9.95. The quantitative estimate of drug-likeness (QED) is 0.832. The second kappa shape index (κ2) is 4.30. The van der Waals surface area contributed by atoms with E-state index in [1.54, 1.807) is 13.1 Å². The summed E-state index contributed by atoms with van der Waals surface area (Å²) in [4.78, 5) is 16.0. The molecule has 1 heterocycles. The van der Waals surface area contributed by atoms with Crippen molar-refractivity contribution in [1.29, 1.82) is 0 Å². The second-order valence-corrected chi connectivity index (χ2v) is 5.36. The number of anilines is 1. The van der Waals surface area contributed by atoms with Gasteiger partial charge in [-0.05, 0) is 38.0 Å². The molecule has 2 fully saturated rings. The number of imidazole rings is 1. The van der Waals surface area contributed by atoms with Gasteiger partial charge in [-0.1, -0.05) is 6.42 Å². The summed E-state index contributed by atoms with van der Waals surface area (Å²) in [5, 5.41) is 0. The third-order valence-corrected chi connectivity index (χ3v) is 4.27. The third-order valence-electron chi connectivity index (χ3n) is 4.27. The summed E-state index contributed by atoms with van der Waals surface area (Å²) in [5.74, 6) is 1.90. The highest BCUT2D eigenvalue weighted by Gasteiger charge is 2.41. The zero-order chi connectivity index (χ0) is 12.7. The number of nitrogens with two attached hydrogens (primary N) is 1. The number of carbonyl (C=O) groups is 1. The summed E-state index contributed by atoms with van der Waals surface area (Å²) in [7, 11) is 0. The van der Waals surface area contributed by atoms with Gasteiger partial charge in [0.2, 0.25) is 5.82 Å². The Kier molecular flexibility index (Phi) is 2.76. The van der Waals surface area contributed by atoms with Gasteiger partial charge >= 0.3 is 5.97 Å². The molecule has 0 aliphatic heterocycles. The van der Waals surface area contributed by atoms with E-state index in [1.165, 1.54) is 19.3 Å². The number of esters is 1. The van der Waals surface area contributed by atoms with Crippen molar-refractivity contribution in [2.24, 2.45) is 11.8 Å². The molecule has 5 heteroatoms. The zero-order valence-electron chi connectivity index (χ0n) is 10.6. The molecule has 2 aliphatic carbocycles. The van der Waals surface area contributed by atoms with Crippen LogP contribution in [0.4, 0.5) is 5.82 Å². The van der Waals surface area contributed by atoms with Crippen molar-refractivity contribution >= 4 is 11.8 Å². The first-order chi connectivity index (χ1) is 8.69. The minimum Gasteiger partial charge on any atom is -0.460 e. The molecule has 3 unspecified atom stereocenters. The van der Waals surface area contributed by atoms with E-state index in [1.807, 2.05) is 4.57 Å². The fraction of sp³-hybridized carbons (Fsp3) is 0.692. The van der Waals surface area contributed by atoms with Gasteiger partial charge in [-0.2, -0.15) is 0 Å². The second-order valence-electron chi connectivity index (χ2n) is 5.36. The maximum atomic E-state index is 11.9. The van der Waals surface area contributed by atoms with E-state index < -0.39 is 0 Å². The fourth-order valence-electron chi connectivity index (χ4n) is 3.56. The number of nitrogens with zero attached hydrogens (tertiary/aromatic N) is 2. The number of rotatable bonds is 3. The molecule has 5 nitrogen and oxygen atoms in total. The molecular formula is C13H19N3O2. The Morgan fingerprint density at radius 1 is 1.56 bits per heavy atom. The summed E-state index contributed by atoms with van der Waals surface area (Å²) in [6.45, 7) is 2.16. The summed E-state index contributed by atoms with van der Waals surface area (Å²) in [6.07, 6.45) is 6.81. The molecule has 2 saturated carbocycles. The van der Waals surface area contributed by atoms with Gasteiger partial charge in [0.1, 0.15) is 5.82 Å². The van der Waals surface area contributed by atoms with Crippen molar-refractivity contribution in [3.05, 3.63) is 12.0 Å². The molecule has 0 saturated heterocycles. The molecule has 1 aromatic heterocycles. The van der Waals surface area contributed by atoms with E-state index in [2.05, 4.69) is 4.98 Å². The van der Waals surface area contributed by atoms with Crippen molar-refractivity contribution in [2.45, 2.75) is 38.6 Å². The number of hydrogen-bond donors (Lipinski definition) is 1. The highest BCUT2D eigenvalue weighted by Crippen LogP contribution is 2.51. The van der Waals surface area contributed by atoms with Crippen LogP contribution < -0.4 is 5.73 Å². The average Bonchev–Trinajstić information content (AvgIpc) is 3.02. The first-order valence-electron chi connectivity index (χ1n) is 6.70. The predicted octanol–water partition coefficient (Wildman–Crippen LogP) is 2.00. The molecule has 2 aliphatic rings. The average molecular weight is 249 g/mol. The van der Waals surface area contributed by atoms with E-state index in [9.17, 15) is 4.79 Å². The largest absolute Gasteiger partial charge is 0.460 e. The lowest BCUT2D eigenvalue weighted by Crippen LogP contribution is -2.21. The maximum absolute atomic E-state index is 11.9. The minimum atomic E-state index is -0.364. The highest BCUT2D eigenvalue weighted by molar-refractivity contribution is 5.86. The molecule has 18 heavy (non-hydrogen) atoms. The smallest absolute Gasteiger partial charge is 0.374 e. The van der Waals surface area contributed by atoms with Crippen molar-refractivity contribution < 1.29 is 9.53 Å². The minimum absolute atomic E-state index is 0.363. The van der Waals surface area contributed by atoms with Crippen molar-refractivity contribution in [3.63, 3.8) is 0 Å². The van der Waals surface area contributed by atoms with Crippen molar-refractivity contribution in [2.75, 3.05) is 12.3 Å². The summed E-state index contributed by atoms with van der Waals surface area (Å²) in [6, 6.07) is 0.382. The molecular weight excluding hydrogens is 230 g/mol. The first-order valence-corrected chi connectivity index (χ1v) is 6.70. The Morgan fingerprint density at radius 3 is 3.00 bits per heavy atom. The van der Waals surface area contributed by atoms with Gasteiger partial charge in [-0.3, -0.25) is 0 Å². The molecule has 0 spiro atoms. The summed E-state index contributed by atoms with van der Waals surface area (Å²) in [5.41, 5.74) is 5.74. The SMILES string of the molecule is CCOC(=O)c1nc(N)cn1C1CC2CCC1C2. The van der Waals surface area contributed by atoms with Crippen LogP contribution in [0, 0.1) is 11.8 Å². The van der Waals surface area contributed by atoms with E-state index >= 15 is 0 Å². The molecule has 98 valence electrons.